The standard InChI is InChI=1S/C12H13BrF2N2O/c1-16-4-5-17(7-11(16)18)6-8-10(14)3-2-9(13)12(8)15/h2-3H,4-7H2,1H3. The third-order valence-electron chi connectivity index (χ3n) is 3.06. The molecule has 1 aromatic rings. The number of rotatable bonds is 2. The van der Waals surface area contributed by atoms with Crippen LogP contribution in [-0.2, 0) is 11.3 Å². The monoisotopic (exact) mass is 318 g/mol. The lowest BCUT2D eigenvalue weighted by Gasteiger charge is -2.32. The second-order valence-electron chi connectivity index (χ2n) is 4.35. The number of amides is 1. The summed E-state index contributed by atoms with van der Waals surface area (Å²) in [5.41, 5.74) is 0.00160. The van der Waals surface area contributed by atoms with Crippen LogP contribution in [0.15, 0.2) is 16.6 Å². The van der Waals surface area contributed by atoms with E-state index in [1.807, 2.05) is 0 Å². The van der Waals surface area contributed by atoms with Gasteiger partial charge in [0.2, 0.25) is 5.91 Å². The van der Waals surface area contributed by atoms with E-state index < -0.39 is 11.6 Å². The number of carbonyl (C=O) groups is 1. The molecular weight excluding hydrogens is 306 g/mol. The van der Waals surface area contributed by atoms with Crippen molar-refractivity contribution in [1.29, 1.82) is 0 Å². The third kappa shape index (κ3) is 2.70. The van der Waals surface area contributed by atoms with Crippen LogP contribution in [-0.4, -0.2) is 42.4 Å². The molecule has 1 saturated heterocycles. The molecule has 1 amide bonds. The van der Waals surface area contributed by atoms with Crippen molar-refractivity contribution >= 4 is 21.8 Å². The van der Waals surface area contributed by atoms with Crippen LogP contribution in [0, 0.1) is 11.6 Å². The topological polar surface area (TPSA) is 23.6 Å². The second kappa shape index (κ2) is 5.32. The van der Waals surface area contributed by atoms with E-state index in [4.69, 9.17) is 0 Å². The smallest absolute Gasteiger partial charge is 0.236 e. The molecule has 0 bridgehead atoms. The van der Waals surface area contributed by atoms with Crippen LogP contribution in [0.2, 0.25) is 0 Å². The number of hydrogen-bond acceptors (Lipinski definition) is 2. The van der Waals surface area contributed by atoms with Crippen molar-refractivity contribution in [2.45, 2.75) is 6.54 Å². The number of nitrogens with zero attached hydrogens (tertiary/aromatic N) is 2. The van der Waals surface area contributed by atoms with Gasteiger partial charge in [0.15, 0.2) is 0 Å². The number of likely N-dealkylation sites (N-methyl/N-ethyl adjacent to an activating group) is 1. The van der Waals surface area contributed by atoms with Gasteiger partial charge < -0.3 is 4.90 Å². The van der Waals surface area contributed by atoms with Gasteiger partial charge in [-0.25, -0.2) is 8.78 Å². The molecule has 0 radical (unpaired) electrons. The number of piperazine rings is 1. The highest BCUT2D eigenvalue weighted by molar-refractivity contribution is 9.10. The molecule has 0 aliphatic carbocycles. The third-order valence-corrected chi connectivity index (χ3v) is 3.67. The average Bonchev–Trinajstić information content (AvgIpc) is 2.34. The fourth-order valence-corrected chi connectivity index (χ4v) is 2.25. The first-order valence-electron chi connectivity index (χ1n) is 5.57. The molecule has 6 heteroatoms. The van der Waals surface area contributed by atoms with E-state index in [-0.39, 0.29) is 29.0 Å². The van der Waals surface area contributed by atoms with Crippen LogP contribution in [0.4, 0.5) is 8.78 Å². The quantitative estimate of drug-likeness (QED) is 0.779. The molecule has 1 aromatic carbocycles. The van der Waals surface area contributed by atoms with Gasteiger partial charge >= 0.3 is 0 Å². The molecule has 0 saturated carbocycles. The van der Waals surface area contributed by atoms with E-state index in [1.54, 1.807) is 16.8 Å². The van der Waals surface area contributed by atoms with Crippen molar-refractivity contribution in [2.24, 2.45) is 0 Å². The minimum atomic E-state index is -0.596. The molecule has 0 atom stereocenters. The molecule has 1 heterocycles. The van der Waals surface area contributed by atoms with Crippen molar-refractivity contribution in [3.63, 3.8) is 0 Å². The van der Waals surface area contributed by atoms with Crippen molar-refractivity contribution in [3.8, 4) is 0 Å². The maximum atomic E-state index is 13.8. The Kier molecular flexibility index (Phi) is 3.97. The second-order valence-corrected chi connectivity index (χ2v) is 5.20. The number of halogens is 3. The van der Waals surface area contributed by atoms with Crippen LogP contribution in [0.3, 0.4) is 0 Å². The molecule has 18 heavy (non-hydrogen) atoms. The fraction of sp³-hybridized carbons (Fsp3) is 0.417. The van der Waals surface area contributed by atoms with E-state index in [0.29, 0.717) is 13.1 Å². The van der Waals surface area contributed by atoms with E-state index in [2.05, 4.69) is 15.9 Å². The largest absolute Gasteiger partial charge is 0.343 e. The van der Waals surface area contributed by atoms with Gasteiger partial charge in [-0.3, -0.25) is 9.69 Å². The summed E-state index contributed by atoms with van der Waals surface area (Å²) < 4.78 is 27.6. The van der Waals surface area contributed by atoms with Crippen molar-refractivity contribution in [2.75, 3.05) is 26.7 Å². The lowest BCUT2D eigenvalue weighted by molar-refractivity contribution is -0.134. The SMILES string of the molecule is CN1CCN(Cc2c(F)ccc(Br)c2F)CC1=O. The summed E-state index contributed by atoms with van der Waals surface area (Å²) in [6.07, 6.45) is 0. The van der Waals surface area contributed by atoms with Gasteiger partial charge in [-0.15, -0.1) is 0 Å². The van der Waals surface area contributed by atoms with Crippen molar-refractivity contribution in [1.82, 2.24) is 9.80 Å². The van der Waals surface area contributed by atoms with Crippen LogP contribution < -0.4 is 0 Å². The van der Waals surface area contributed by atoms with Crippen LogP contribution in [0.1, 0.15) is 5.56 Å². The van der Waals surface area contributed by atoms with Gasteiger partial charge in [0.25, 0.3) is 0 Å². The highest BCUT2D eigenvalue weighted by atomic mass is 79.9. The average molecular weight is 319 g/mol. The molecule has 0 unspecified atom stereocenters. The summed E-state index contributed by atoms with van der Waals surface area (Å²) in [6.45, 7) is 1.50. The Morgan fingerprint density at radius 2 is 2.06 bits per heavy atom. The normalized spacial score (nSPS) is 17.3. The summed E-state index contributed by atoms with van der Waals surface area (Å²) in [5.74, 6) is -1.21. The summed E-state index contributed by atoms with van der Waals surface area (Å²) in [5, 5.41) is 0. The van der Waals surface area contributed by atoms with Gasteiger partial charge in [0, 0.05) is 32.2 Å². The number of carbonyl (C=O) groups excluding carboxylic acids is 1. The summed E-state index contributed by atoms with van der Waals surface area (Å²) >= 11 is 3.03. The van der Waals surface area contributed by atoms with Gasteiger partial charge in [0.05, 0.1) is 11.0 Å². The molecule has 0 spiro atoms. The highest BCUT2D eigenvalue weighted by Crippen LogP contribution is 2.23. The number of benzene rings is 1. The zero-order chi connectivity index (χ0) is 13.3. The summed E-state index contributed by atoms with van der Waals surface area (Å²) in [4.78, 5) is 14.9. The first-order chi connectivity index (χ1) is 8.49. The van der Waals surface area contributed by atoms with Crippen LogP contribution >= 0.6 is 15.9 Å². The molecule has 2 rings (SSSR count). The Labute approximate surface area is 112 Å². The molecule has 3 nitrogen and oxygen atoms in total. The van der Waals surface area contributed by atoms with E-state index >= 15 is 0 Å². The molecule has 0 aromatic heterocycles. The van der Waals surface area contributed by atoms with E-state index in [1.165, 1.54) is 12.1 Å². The van der Waals surface area contributed by atoms with Crippen LogP contribution in [0.25, 0.3) is 0 Å². The molecule has 98 valence electrons. The maximum Gasteiger partial charge on any atom is 0.236 e. The molecule has 1 aliphatic rings. The summed E-state index contributed by atoms with van der Waals surface area (Å²) in [6, 6.07) is 2.56. The first-order valence-corrected chi connectivity index (χ1v) is 6.37. The van der Waals surface area contributed by atoms with Crippen LogP contribution in [0.5, 0.6) is 0 Å². The highest BCUT2D eigenvalue weighted by Gasteiger charge is 2.23. The fourth-order valence-electron chi connectivity index (χ4n) is 1.88. The van der Waals surface area contributed by atoms with Gasteiger partial charge in [-0.2, -0.15) is 0 Å². The molecule has 1 fully saturated rings. The Hall–Kier alpha value is -1.01. The zero-order valence-electron chi connectivity index (χ0n) is 9.92. The lowest BCUT2D eigenvalue weighted by atomic mass is 10.1. The zero-order valence-corrected chi connectivity index (χ0v) is 11.5. The minimum absolute atomic E-state index is 0.00160. The van der Waals surface area contributed by atoms with Crippen molar-refractivity contribution in [3.05, 3.63) is 33.8 Å². The van der Waals surface area contributed by atoms with Crippen molar-refractivity contribution < 1.29 is 13.6 Å². The Morgan fingerprint density at radius 1 is 1.33 bits per heavy atom. The molecular formula is C12H13BrF2N2O. The number of hydrogen-bond donors (Lipinski definition) is 0. The van der Waals surface area contributed by atoms with Gasteiger partial charge in [-0.1, -0.05) is 0 Å². The Balaban J connectivity index is 2.15. The maximum absolute atomic E-state index is 13.8. The first kappa shape index (κ1) is 13.4. The Morgan fingerprint density at radius 3 is 2.72 bits per heavy atom. The van der Waals surface area contributed by atoms with Gasteiger partial charge in [0.1, 0.15) is 11.6 Å². The molecule has 1 aliphatic heterocycles. The Bertz CT molecular complexity index is 481. The lowest BCUT2D eigenvalue weighted by Crippen LogP contribution is -2.48. The molecule has 0 N–H and O–H groups in total. The predicted octanol–water partition coefficient (Wildman–Crippen LogP) is 2.00. The van der Waals surface area contributed by atoms with E-state index in [0.717, 1.165) is 0 Å². The van der Waals surface area contributed by atoms with E-state index in [9.17, 15) is 13.6 Å². The van der Waals surface area contributed by atoms with Gasteiger partial charge in [-0.05, 0) is 28.1 Å². The minimum Gasteiger partial charge on any atom is -0.343 e. The predicted molar refractivity (Wildman–Crippen MR) is 67.0 cm³/mol. The summed E-state index contributed by atoms with van der Waals surface area (Å²) in [7, 11) is 1.72.